The van der Waals surface area contributed by atoms with Gasteiger partial charge in [0.2, 0.25) is 0 Å². The van der Waals surface area contributed by atoms with Crippen LogP contribution in [0.3, 0.4) is 0 Å². The molecule has 5 nitrogen and oxygen atoms in total. The van der Waals surface area contributed by atoms with Gasteiger partial charge in [-0.25, -0.2) is 0 Å². The SMILES string of the molecule is CNc1snc(C)c1C(=O)NCC1Cc2ccccc2O1. The minimum absolute atomic E-state index is 0.00344. The molecule has 0 spiro atoms. The molecule has 1 aliphatic heterocycles. The molecule has 1 atom stereocenters. The zero-order chi connectivity index (χ0) is 14.8. The predicted octanol–water partition coefficient (Wildman–Crippen LogP) is 2.23. The van der Waals surface area contributed by atoms with E-state index in [0.717, 1.165) is 22.9 Å². The number of para-hydroxylation sites is 1. The number of nitrogens with zero attached hydrogens (tertiary/aromatic N) is 1. The van der Waals surface area contributed by atoms with Gasteiger partial charge in [0, 0.05) is 13.5 Å². The van der Waals surface area contributed by atoms with Gasteiger partial charge in [-0.05, 0) is 30.1 Å². The maximum absolute atomic E-state index is 12.3. The summed E-state index contributed by atoms with van der Waals surface area (Å²) in [5.41, 5.74) is 2.57. The number of ether oxygens (including phenoxy) is 1. The molecule has 0 fully saturated rings. The fourth-order valence-electron chi connectivity index (χ4n) is 2.47. The Kier molecular flexibility index (Phi) is 3.79. The van der Waals surface area contributed by atoms with E-state index in [0.29, 0.717) is 12.1 Å². The molecule has 1 aliphatic rings. The number of nitrogens with one attached hydrogen (secondary N) is 2. The van der Waals surface area contributed by atoms with Crippen LogP contribution in [0.5, 0.6) is 5.75 Å². The second kappa shape index (κ2) is 5.73. The summed E-state index contributed by atoms with van der Waals surface area (Å²) in [5, 5.41) is 6.74. The first-order chi connectivity index (χ1) is 10.2. The molecule has 0 aliphatic carbocycles. The Morgan fingerprint density at radius 2 is 2.29 bits per heavy atom. The van der Waals surface area contributed by atoms with Crippen LogP contribution in [0.1, 0.15) is 21.6 Å². The number of rotatable bonds is 4. The van der Waals surface area contributed by atoms with Gasteiger partial charge < -0.3 is 15.4 Å². The Balaban J connectivity index is 1.62. The molecule has 2 aromatic rings. The fraction of sp³-hybridized carbons (Fsp3) is 0.333. The Morgan fingerprint density at radius 3 is 3.05 bits per heavy atom. The summed E-state index contributed by atoms with van der Waals surface area (Å²) in [7, 11) is 1.79. The summed E-state index contributed by atoms with van der Waals surface area (Å²) in [4.78, 5) is 12.3. The van der Waals surface area contributed by atoms with Crippen LogP contribution in [0, 0.1) is 6.92 Å². The van der Waals surface area contributed by atoms with Crippen molar-refractivity contribution < 1.29 is 9.53 Å². The number of benzene rings is 1. The van der Waals surface area contributed by atoms with Gasteiger partial charge in [-0.2, -0.15) is 4.37 Å². The minimum Gasteiger partial charge on any atom is -0.488 e. The van der Waals surface area contributed by atoms with Gasteiger partial charge in [-0.15, -0.1) is 0 Å². The standard InChI is InChI=1S/C15H17N3O2S/c1-9-13(15(16-2)21-18-9)14(19)17-8-11-7-10-5-3-4-6-12(10)20-11/h3-6,11,16H,7-8H2,1-2H3,(H,17,19). The number of hydrogen-bond donors (Lipinski definition) is 2. The van der Waals surface area contributed by atoms with Crippen LogP contribution in [-0.2, 0) is 6.42 Å². The molecule has 0 radical (unpaired) electrons. The van der Waals surface area contributed by atoms with E-state index in [2.05, 4.69) is 21.1 Å². The quantitative estimate of drug-likeness (QED) is 0.909. The molecule has 6 heteroatoms. The first-order valence-electron chi connectivity index (χ1n) is 6.86. The van der Waals surface area contributed by atoms with Crippen LogP contribution in [0.4, 0.5) is 5.00 Å². The number of carbonyl (C=O) groups is 1. The Morgan fingerprint density at radius 1 is 1.48 bits per heavy atom. The molecular weight excluding hydrogens is 286 g/mol. The molecule has 2 N–H and O–H groups in total. The highest BCUT2D eigenvalue weighted by Gasteiger charge is 2.24. The molecule has 1 unspecified atom stereocenters. The van der Waals surface area contributed by atoms with Crippen molar-refractivity contribution in [3.05, 3.63) is 41.1 Å². The average Bonchev–Trinajstić information content (AvgIpc) is 3.07. The molecule has 0 saturated heterocycles. The largest absolute Gasteiger partial charge is 0.488 e. The maximum Gasteiger partial charge on any atom is 0.256 e. The lowest BCUT2D eigenvalue weighted by molar-refractivity contribution is 0.0934. The molecule has 3 rings (SSSR count). The lowest BCUT2D eigenvalue weighted by Gasteiger charge is -2.12. The van der Waals surface area contributed by atoms with Crippen molar-refractivity contribution in [3.63, 3.8) is 0 Å². The maximum atomic E-state index is 12.3. The molecular formula is C15H17N3O2S. The van der Waals surface area contributed by atoms with Crippen molar-refractivity contribution >= 4 is 22.4 Å². The van der Waals surface area contributed by atoms with Crippen LogP contribution in [-0.4, -0.2) is 30.0 Å². The molecule has 0 saturated carbocycles. The number of carbonyl (C=O) groups excluding carboxylic acids is 1. The van der Waals surface area contributed by atoms with E-state index in [1.165, 1.54) is 17.1 Å². The molecule has 110 valence electrons. The molecule has 2 heterocycles. The topological polar surface area (TPSA) is 63.2 Å². The van der Waals surface area contributed by atoms with Crippen molar-refractivity contribution in [3.8, 4) is 5.75 Å². The Labute approximate surface area is 127 Å². The predicted molar refractivity (Wildman–Crippen MR) is 83.3 cm³/mol. The van der Waals surface area contributed by atoms with Gasteiger partial charge >= 0.3 is 0 Å². The van der Waals surface area contributed by atoms with Crippen LogP contribution < -0.4 is 15.4 Å². The number of fused-ring (bicyclic) bond motifs is 1. The highest BCUT2D eigenvalue weighted by molar-refractivity contribution is 7.10. The first kappa shape index (κ1) is 13.9. The van der Waals surface area contributed by atoms with Crippen molar-refractivity contribution in [1.82, 2.24) is 9.69 Å². The number of hydrogen-bond acceptors (Lipinski definition) is 5. The van der Waals surface area contributed by atoms with Gasteiger partial charge in [-0.3, -0.25) is 4.79 Å². The van der Waals surface area contributed by atoms with Crippen molar-refractivity contribution in [2.75, 3.05) is 18.9 Å². The van der Waals surface area contributed by atoms with Crippen LogP contribution in [0.15, 0.2) is 24.3 Å². The van der Waals surface area contributed by atoms with E-state index in [4.69, 9.17) is 4.74 Å². The fourth-order valence-corrected chi connectivity index (χ4v) is 3.21. The highest BCUT2D eigenvalue weighted by Crippen LogP contribution is 2.28. The lowest BCUT2D eigenvalue weighted by Crippen LogP contribution is -2.34. The van der Waals surface area contributed by atoms with Gasteiger partial charge in [-0.1, -0.05) is 18.2 Å². The van der Waals surface area contributed by atoms with E-state index in [-0.39, 0.29) is 12.0 Å². The summed E-state index contributed by atoms with van der Waals surface area (Å²) in [6.07, 6.45) is 0.826. The molecule has 0 bridgehead atoms. The van der Waals surface area contributed by atoms with Gasteiger partial charge in [0.05, 0.1) is 17.8 Å². The van der Waals surface area contributed by atoms with Crippen LogP contribution in [0.25, 0.3) is 0 Å². The Hall–Kier alpha value is -2.08. The number of aryl methyl sites for hydroxylation is 1. The third-order valence-corrected chi connectivity index (χ3v) is 4.48. The number of amides is 1. The smallest absolute Gasteiger partial charge is 0.256 e. The van der Waals surface area contributed by atoms with E-state index in [1.54, 1.807) is 7.05 Å². The van der Waals surface area contributed by atoms with Crippen molar-refractivity contribution in [1.29, 1.82) is 0 Å². The lowest BCUT2D eigenvalue weighted by atomic mass is 10.1. The zero-order valence-corrected chi connectivity index (χ0v) is 12.8. The summed E-state index contributed by atoms with van der Waals surface area (Å²) >= 11 is 1.30. The van der Waals surface area contributed by atoms with E-state index >= 15 is 0 Å². The van der Waals surface area contributed by atoms with Crippen molar-refractivity contribution in [2.24, 2.45) is 0 Å². The molecule has 1 aromatic heterocycles. The van der Waals surface area contributed by atoms with Gasteiger partial charge in [0.1, 0.15) is 16.9 Å². The summed E-state index contributed by atoms with van der Waals surface area (Å²) in [5.74, 6) is 0.811. The normalized spacial score (nSPS) is 16.2. The van der Waals surface area contributed by atoms with Gasteiger partial charge in [0.15, 0.2) is 0 Å². The summed E-state index contributed by atoms with van der Waals surface area (Å²) < 4.78 is 10.0. The van der Waals surface area contributed by atoms with Gasteiger partial charge in [0.25, 0.3) is 5.91 Å². The highest BCUT2D eigenvalue weighted by atomic mass is 32.1. The van der Waals surface area contributed by atoms with Crippen LogP contribution >= 0.6 is 11.5 Å². The van der Waals surface area contributed by atoms with Crippen molar-refractivity contribution in [2.45, 2.75) is 19.4 Å². The second-order valence-corrected chi connectivity index (χ2v) is 5.76. The molecule has 1 aromatic carbocycles. The third-order valence-electron chi connectivity index (χ3n) is 3.52. The minimum atomic E-state index is -0.106. The summed E-state index contributed by atoms with van der Waals surface area (Å²) in [6, 6.07) is 7.98. The van der Waals surface area contributed by atoms with E-state index in [9.17, 15) is 4.79 Å². The first-order valence-corrected chi connectivity index (χ1v) is 7.63. The van der Waals surface area contributed by atoms with Crippen LogP contribution in [0.2, 0.25) is 0 Å². The van der Waals surface area contributed by atoms with E-state index < -0.39 is 0 Å². The number of aromatic nitrogens is 1. The second-order valence-electron chi connectivity index (χ2n) is 4.98. The van der Waals surface area contributed by atoms with E-state index in [1.807, 2.05) is 25.1 Å². The average molecular weight is 303 g/mol. The zero-order valence-electron chi connectivity index (χ0n) is 12.0. The molecule has 21 heavy (non-hydrogen) atoms. The Bertz CT molecular complexity index is 644. The third kappa shape index (κ3) is 2.71. The summed E-state index contributed by atoms with van der Waals surface area (Å²) in [6.45, 7) is 2.33. The molecule has 1 amide bonds. The monoisotopic (exact) mass is 303 g/mol. The number of anilines is 1.